The Balaban J connectivity index is 1.84. The Bertz CT molecular complexity index is 442. The van der Waals surface area contributed by atoms with Crippen LogP contribution < -0.4 is 15.4 Å². The number of hydrogen-bond acceptors (Lipinski definition) is 3. The van der Waals surface area contributed by atoms with Crippen LogP contribution in [0.15, 0.2) is 24.3 Å². The van der Waals surface area contributed by atoms with Crippen LogP contribution in [-0.2, 0) is 11.2 Å². The molecule has 0 aromatic heterocycles. The Morgan fingerprint density at radius 1 is 1.55 bits per heavy atom. The fourth-order valence-corrected chi connectivity index (χ4v) is 2.70. The van der Waals surface area contributed by atoms with Gasteiger partial charge in [0.25, 0.3) is 0 Å². The van der Waals surface area contributed by atoms with Crippen molar-refractivity contribution in [3.05, 3.63) is 29.8 Å². The Hall–Kier alpha value is -1.55. The second kappa shape index (κ2) is 7.29. The number of rotatable bonds is 5. The van der Waals surface area contributed by atoms with Crippen LogP contribution in [0.2, 0.25) is 0 Å². The highest BCUT2D eigenvalue weighted by atomic mass is 16.5. The minimum absolute atomic E-state index is 0.0799. The summed E-state index contributed by atoms with van der Waals surface area (Å²) in [5.41, 5.74) is 0.982. The van der Waals surface area contributed by atoms with Crippen molar-refractivity contribution < 1.29 is 9.53 Å². The highest BCUT2D eigenvalue weighted by Gasteiger charge is 2.21. The van der Waals surface area contributed by atoms with Gasteiger partial charge in [0.2, 0.25) is 5.91 Å². The third kappa shape index (κ3) is 4.23. The average molecular weight is 276 g/mol. The molecule has 4 heteroatoms. The summed E-state index contributed by atoms with van der Waals surface area (Å²) in [5, 5.41) is 6.50. The summed E-state index contributed by atoms with van der Waals surface area (Å²) in [5.74, 6) is 1.41. The fraction of sp³-hybridized carbons (Fsp3) is 0.562. The van der Waals surface area contributed by atoms with Gasteiger partial charge in [0.1, 0.15) is 5.75 Å². The standard InChI is InChI=1S/C16H24N2O2/c1-12(14-6-4-8-17-11-14)18-16(19)10-13-5-3-7-15(9-13)20-2/h3,5,7,9,12,14,17H,4,6,8,10-11H2,1-2H3,(H,18,19). The smallest absolute Gasteiger partial charge is 0.224 e. The molecule has 0 saturated carbocycles. The quantitative estimate of drug-likeness (QED) is 0.861. The summed E-state index contributed by atoms with van der Waals surface area (Å²) in [6.45, 7) is 4.20. The first-order valence-electron chi connectivity index (χ1n) is 7.32. The molecule has 2 N–H and O–H groups in total. The first kappa shape index (κ1) is 14.9. The van der Waals surface area contributed by atoms with Crippen molar-refractivity contribution in [3.8, 4) is 5.75 Å². The molecule has 1 saturated heterocycles. The molecule has 2 rings (SSSR count). The molecule has 1 heterocycles. The van der Waals surface area contributed by atoms with E-state index in [1.807, 2.05) is 24.3 Å². The minimum atomic E-state index is 0.0799. The Labute approximate surface area is 120 Å². The third-order valence-corrected chi connectivity index (χ3v) is 3.93. The summed E-state index contributed by atoms with van der Waals surface area (Å²) < 4.78 is 5.17. The molecule has 1 aliphatic heterocycles. The van der Waals surface area contributed by atoms with Gasteiger partial charge in [-0.15, -0.1) is 0 Å². The number of ether oxygens (including phenoxy) is 1. The average Bonchev–Trinajstić information content (AvgIpc) is 2.48. The van der Waals surface area contributed by atoms with Gasteiger partial charge in [-0.05, 0) is 56.5 Å². The molecular formula is C16H24N2O2. The lowest BCUT2D eigenvalue weighted by Crippen LogP contribution is -2.45. The van der Waals surface area contributed by atoms with E-state index in [0.717, 1.165) is 24.4 Å². The van der Waals surface area contributed by atoms with E-state index in [4.69, 9.17) is 4.74 Å². The van der Waals surface area contributed by atoms with E-state index in [1.54, 1.807) is 7.11 Å². The van der Waals surface area contributed by atoms with Gasteiger partial charge in [-0.25, -0.2) is 0 Å². The van der Waals surface area contributed by atoms with Crippen LogP contribution in [0.3, 0.4) is 0 Å². The molecule has 2 atom stereocenters. The first-order valence-corrected chi connectivity index (χ1v) is 7.32. The van der Waals surface area contributed by atoms with Gasteiger partial charge in [0.15, 0.2) is 0 Å². The number of piperidine rings is 1. The molecule has 110 valence electrons. The summed E-state index contributed by atoms with van der Waals surface area (Å²) in [6.07, 6.45) is 2.79. The summed E-state index contributed by atoms with van der Waals surface area (Å²) in [6, 6.07) is 7.88. The number of benzene rings is 1. The fourth-order valence-electron chi connectivity index (χ4n) is 2.70. The van der Waals surface area contributed by atoms with E-state index in [0.29, 0.717) is 12.3 Å². The topological polar surface area (TPSA) is 50.4 Å². The maximum atomic E-state index is 12.1. The zero-order chi connectivity index (χ0) is 14.4. The first-order chi connectivity index (χ1) is 9.69. The zero-order valence-electron chi connectivity index (χ0n) is 12.3. The Morgan fingerprint density at radius 2 is 2.40 bits per heavy atom. The van der Waals surface area contributed by atoms with Crippen molar-refractivity contribution in [2.45, 2.75) is 32.2 Å². The second-order valence-corrected chi connectivity index (χ2v) is 5.49. The SMILES string of the molecule is COc1cccc(CC(=O)NC(C)C2CCCNC2)c1. The van der Waals surface area contributed by atoms with E-state index in [9.17, 15) is 4.79 Å². The lowest BCUT2D eigenvalue weighted by atomic mass is 9.92. The Kier molecular flexibility index (Phi) is 5.41. The molecule has 0 aliphatic carbocycles. The van der Waals surface area contributed by atoms with Gasteiger partial charge in [0.05, 0.1) is 13.5 Å². The summed E-state index contributed by atoms with van der Waals surface area (Å²) in [7, 11) is 1.64. The van der Waals surface area contributed by atoms with Crippen molar-refractivity contribution in [1.29, 1.82) is 0 Å². The van der Waals surface area contributed by atoms with Crippen LogP contribution in [0.4, 0.5) is 0 Å². The Morgan fingerprint density at radius 3 is 3.10 bits per heavy atom. The number of methoxy groups -OCH3 is 1. The van der Waals surface area contributed by atoms with Crippen molar-refractivity contribution in [2.24, 2.45) is 5.92 Å². The molecule has 1 aromatic carbocycles. The highest BCUT2D eigenvalue weighted by Crippen LogP contribution is 2.15. The van der Waals surface area contributed by atoms with Crippen LogP contribution in [0, 0.1) is 5.92 Å². The molecule has 4 nitrogen and oxygen atoms in total. The molecule has 1 fully saturated rings. The third-order valence-electron chi connectivity index (χ3n) is 3.93. The number of nitrogens with one attached hydrogen (secondary N) is 2. The van der Waals surface area contributed by atoms with Gasteiger partial charge in [-0.1, -0.05) is 12.1 Å². The van der Waals surface area contributed by atoms with E-state index >= 15 is 0 Å². The minimum Gasteiger partial charge on any atom is -0.497 e. The van der Waals surface area contributed by atoms with Gasteiger partial charge in [-0.2, -0.15) is 0 Å². The highest BCUT2D eigenvalue weighted by molar-refractivity contribution is 5.79. The predicted molar refractivity (Wildman–Crippen MR) is 79.9 cm³/mol. The van der Waals surface area contributed by atoms with Gasteiger partial charge in [0, 0.05) is 6.04 Å². The molecule has 0 radical (unpaired) electrons. The summed E-state index contributed by atoms with van der Waals surface area (Å²) in [4.78, 5) is 12.1. The largest absolute Gasteiger partial charge is 0.497 e. The summed E-state index contributed by atoms with van der Waals surface area (Å²) >= 11 is 0. The van der Waals surface area contributed by atoms with E-state index < -0.39 is 0 Å². The predicted octanol–water partition coefficient (Wildman–Crippen LogP) is 1.74. The molecule has 20 heavy (non-hydrogen) atoms. The number of carbonyl (C=O) groups excluding carboxylic acids is 1. The molecule has 1 aromatic rings. The second-order valence-electron chi connectivity index (χ2n) is 5.49. The maximum absolute atomic E-state index is 12.1. The van der Waals surface area contributed by atoms with Gasteiger partial charge in [-0.3, -0.25) is 4.79 Å². The van der Waals surface area contributed by atoms with Crippen LogP contribution in [0.1, 0.15) is 25.3 Å². The van der Waals surface area contributed by atoms with Crippen molar-refractivity contribution in [3.63, 3.8) is 0 Å². The molecule has 1 aliphatic rings. The van der Waals surface area contributed by atoms with E-state index in [-0.39, 0.29) is 11.9 Å². The monoisotopic (exact) mass is 276 g/mol. The van der Waals surface area contributed by atoms with Crippen molar-refractivity contribution >= 4 is 5.91 Å². The molecular weight excluding hydrogens is 252 g/mol. The van der Waals surface area contributed by atoms with Crippen molar-refractivity contribution in [2.75, 3.05) is 20.2 Å². The lowest BCUT2D eigenvalue weighted by molar-refractivity contribution is -0.121. The van der Waals surface area contributed by atoms with Gasteiger partial charge >= 0.3 is 0 Å². The number of hydrogen-bond donors (Lipinski definition) is 2. The molecule has 2 unspecified atom stereocenters. The number of carbonyl (C=O) groups is 1. The zero-order valence-corrected chi connectivity index (χ0v) is 12.3. The maximum Gasteiger partial charge on any atom is 0.224 e. The van der Waals surface area contributed by atoms with Gasteiger partial charge < -0.3 is 15.4 Å². The van der Waals surface area contributed by atoms with Crippen molar-refractivity contribution in [1.82, 2.24) is 10.6 Å². The number of amides is 1. The lowest BCUT2D eigenvalue weighted by Gasteiger charge is -2.29. The van der Waals surface area contributed by atoms with E-state index in [1.165, 1.54) is 12.8 Å². The molecule has 0 bridgehead atoms. The van der Waals surface area contributed by atoms with Crippen LogP contribution in [0.5, 0.6) is 5.75 Å². The van der Waals surface area contributed by atoms with Crippen LogP contribution in [-0.4, -0.2) is 32.1 Å². The molecule has 1 amide bonds. The normalized spacial score (nSPS) is 20.2. The van der Waals surface area contributed by atoms with Crippen LogP contribution in [0.25, 0.3) is 0 Å². The van der Waals surface area contributed by atoms with E-state index in [2.05, 4.69) is 17.6 Å². The molecule has 0 spiro atoms. The van der Waals surface area contributed by atoms with Crippen LogP contribution >= 0.6 is 0 Å².